The van der Waals surface area contributed by atoms with Crippen LogP contribution in [0.2, 0.25) is 0 Å². The van der Waals surface area contributed by atoms with Crippen LogP contribution in [-0.2, 0) is 5.41 Å². The largest absolute Gasteiger partial charge is 0.497 e. The zero-order chi connectivity index (χ0) is 15.3. The van der Waals surface area contributed by atoms with Crippen molar-refractivity contribution in [1.29, 1.82) is 0 Å². The van der Waals surface area contributed by atoms with E-state index in [2.05, 4.69) is 36.2 Å². The van der Waals surface area contributed by atoms with Crippen molar-refractivity contribution >= 4 is 16.3 Å². The van der Waals surface area contributed by atoms with Crippen molar-refractivity contribution in [2.24, 2.45) is 0 Å². The van der Waals surface area contributed by atoms with Gasteiger partial charge in [-0.05, 0) is 30.5 Å². The number of hydrogen-bond acceptors (Lipinski definition) is 5. The number of ether oxygens (including phenoxy) is 1. The topological polar surface area (TPSA) is 52.3 Å². The highest BCUT2D eigenvalue weighted by atomic mass is 32.1. The summed E-state index contributed by atoms with van der Waals surface area (Å²) in [4.78, 5) is 0.887. The monoisotopic (exact) mass is 314 g/mol. The Morgan fingerprint density at radius 3 is 2.50 bits per heavy atom. The van der Waals surface area contributed by atoms with Crippen LogP contribution in [0.5, 0.6) is 5.75 Å². The molecule has 1 aromatic carbocycles. The second-order valence-corrected chi connectivity index (χ2v) is 7.08. The average molecular weight is 314 g/mol. The Bertz CT molecular complexity index is 814. The van der Waals surface area contributed by atoms with Crippen molar-refractivity contribution in [2.45, 2.75) is 38.0 Å². The molecule has 0 bridgehead atoms. The van der Waals surface area contributed by atoms with E-state index in [0.717, 1.165) is 34.4 Å². The summed E-state index contributed by atoms with van der Waals surface area (Å²) in [6, 6.07) is 8.35. The SMILES string of the molecule is COc1ccc(C2(c3nn4c(C(C)C)nnc4s3)CC2)cc1. The number of nitrogens with zero attached hydrogens (tertiary/aromatic N) is 4. The standard InChI is InChI=1S/C16H18N4OS/c1-10(2)13-17-18-15-20(13)19-14(22-15)16(8-9-16)11-4-6-12(21-3)7-5-11/h4-7,10H,8-9H2,1-3H3. The molecular weight excluding hydrogens is 296 g/mol. The van der Waals surface area contributed by atoms with E-state index in [1.807, 2.05) is 16.6 Å². The first-order chi connectivity index (χ1) is 10.6. The van der Waals surface area contributed by atoms with Crippen molar-refractivity contribution in [3.63, 3.8) is 0 Å². The molecule has 0 amide bonds. The maximum atomic E-state index is 5.25. The highest BCUT2D eigenvalue weighted by Crippen LogP contribution is 2.54. The predicted octanol–water partition coefficient (Wildman–Crippen LogP) is 3.40. The van der Waals surface area contributed by atoms with Gasteiger partial charge in [-0.25, -0.2) is 0 Å². The molecule has 1 saturated carbocycles. The number of benzene rings is 1. The normalized spacial score (nSPS) is 16.4. The predicted molar refractivity (Wildman–Crippen MR) is 85.8 cm³/mol. The summed E-state index contributed by atoms with van der Waals surface area (Å²) < 4.78 is 7.16. The molecule has 0 atom stereocenters. The molecule has 0 N–H and O–H groups in total. The van der Waals surface area contributed by atoms with E-state index in [1.54, 1.807) is 18.4 Å². The molecule has 6 heteroatoms. The molecular formula is C16H18N4OS. The summed E-state index contributed by atoms with van der Waals surface area (Å²) in [5.74, 6) is 2.14. The summed E-state index contributed by atoms with van der Waals surface area (Å²) >= 11 is 1.66. The lowest BCUT2D eigenvalue weighted by Gasteiger charge is -2.12. The van der Waals surface area contributed by atoms with Crippen molar-refractivity contribution in [2.75, 3.05) is 7.11 Å². The van der Waals surface area contributed by atoms with E-state index < -0.39 is 0 Å². The Kier molecular flexibility index (Phi) is 2.97. The van der Waals surface area contributed by atoms with Crippen LogP contribution in [0.4, 0.5) is 0 Å². The summed E-state index contributed by atoms with van der Waals surface area (Å²) in [7, 11) is 1.69. The molecule has 0 unspecified atom stereocenters. The number of hydrogen-bond donors (Lipinski definition) is 0. The third-order valence-electron chi connectivity index (χ3n) is 4.33. The second kappa shape index (κ2) is 4.78. The first-order valence-electron chi connectivity index (χ1n) is 7.51. The zero-order valence-electron chi connectivity index (χ0n) is 12.9. The van der Waals surface area contributed by atoms with Gasteiger partial charge in [0, 0.05) is 11.3 Å². The summed E-state index contributed by atoms with van der Waals surface area (Å²) in [6.45, 7) is 4.23. The van der Waals surface area contributed by atoms with Gasteiger partial charge in [0.2, 0.25) is 4.96 Å². The number of aromatic nitrogens is 4. The minimum atomic E-state index is 0.0614. The Morgan fingerprint density at radius 2 is 1.91 bits per heavy atom. The summed E-state index contributed by atoms with van der Waals surface area (Å²) in [5, 5.41) is 14.5. The van der Waals surface area contributed by atoms with Gasteiger partial charge in [-0.1, -0.05) is 37.3 Å². The molecule has 1 aliphatic carbocycles. The maximum absolute atomic E-state index is 5.25. The molecule has 0 aliphatic heterocycles. The minimum Gasteiger partial charge on any atom is -0.497 e. The molecule has 2 aromatic heterocycles. The second-order valence-electron chi connectivity index (χ2n) is 6.13. The molecule has 0 spiro atoms. The van der Waals surface area contributed by atoms with Crippen molar-refractivity contribution in [3.05, 3.63) is 40.7 Å². The van der Waals surface area contributed by atoms with Crippen LogP contribution in [0.3, 0.4) is 0 Å². The van der Waals surface area contributed by atoms with E-state index in [4.69, 9.17) is 9.84 Å². The van der Waals surface area contributed by atoms with Gasteiger partial charge >= 0.3 is 0 Å². The zero-order valence-corrected chi connectivity index (χ0v) is 13.7. The number of rotatable bonds is 4. The summed E-state index contributed by atoms with van der Waals surface area (Å²) in [5.41, 5.74) is 1.37. The van der Waals surface area contributed by atoms with E-state index in [9.17, 15) is 0 Å². The van der Waals surface area contributed by atoms with Crippen LogP contribution >= 0.6 is 11.3 Å². The van der Waals surface area contributed by atoms with Gasteiger partial charge in [-0.15, -0.1) is 10.2 Å². The lowest BCUT2D eigenvalue weighted by Crippen LogP contribution is -2.09. The molecule has 22 heavy (non-hydrogen) atoms. The molecule has 1 fully saturated rings. The van der Waals surface area contributed by atoms with Gasteiger partial charge in [0.25, 0.3) is 0 Å². The van der Waals surface area contributed by atoms with E-state index in [0.29, 0.717) is 5.92 Å². The molecule has 4 rings (SSSR count). The maximum Gasteiger partial charge on any atom is 0.234 e. The fourth-order valence-corrected chi connectivity index (χ4v) is 3.96. The van der Waals surface area contributed by atoms with Crippen LogP contribution in [-0.4, -0.2) is 26.9 Å². The number of methoxy groups -OCH3 is 1. The van der Waals surface area contributed by atoms with Crippen LogP contribution in [0.15, 0.2) is 24.3 Å². The Morgan fingerprint density at radius 1 is 1.18 bits per heavy atom. The first kappa shape index (κ1) is 13.7. The number of fused-ring (bicyclic) bond motifs is 1. The van der Waals surface area contributed by atoms with Crippen molar-refractivity contribution in [3.8, 4) is 5.75 Å². The fourth-order valence-electron chi connectivity index (χ4n) is 2.85. The van der Waals surface area contributed by atoms with Gasteiger partial charge in [-0.3, -0.25) is 0 Å². The first-order valence-corrected chi connectivity index (χ1v) is 8.33. The van der Waals surface area contributed by atoms with Gasteiger partial charge in [-0.2, -0.15) is 9.61 Å². The van der Waals surface area contributed by atoms with Gasteiger partial charge < -0.3 is 4.74 Å². The molecule has 3 aromatic rings. The molecule has 0 saturated heterocycles. The smallest absolute Gasteiger partial charge is 0.234 e. The van der Waals surface area contributed by atoms with Gasteiger partial charge in [0.15, 0.2) is 5.82 Å². The van der Waals surface area contributed by atoms with Crippen LogP contribution < -0.4 is 4.74 Å². The highest BCUT2D eigenvalue weighted by Gasteiger charge is 2.49. The minimum absolute atomic E-state index is 0.0614. The summed E-state index contributed by atoms with van der Waals surface area (Å²) in [6.07, 6.45) is 2.28. The van der Waals surface area contributed by atoms with Crippen LogP contribution in [0.1, 0.15) is 49.0 Å². The lowest BCUT2D eigenvalue weighted by atomic mass is 9.97. The highest BCUT2D eigenvalue weighted by molar-refractivity contribution is 7.16. The molecule has 1 aliphatic rings. The van der Waals surface area contributed by atoms with E-state index in [-0.39, 0.29) is 5.41 Å². The third kappa shape index (κ3) is 1.94. The van der Waals surface area contributed by atoms with Crippen molar-refractivity contribution in [1.82, 2.24) is 19.8 Å². The average Bonchev–Trinajstić information content (AvgIpc) is 3.06. The Balaban J connectivity index is 1.76. The Labute approximate surface area is 133 Å². The Hall–Kier alpha value is -1.95. The molecule has 2 heterocycles. The van der Waals surface area contributed by atoms with Gasteiger partial charge in [0.05, 0.1) is 7.11 Å². The van der Waals surface area contributed by atoms with Crippen molar-refractivity contribution < 1.29 is 4.74 Å². The molecule has 114 valence electrons. The lowest BCUT2D eigenvalue weighted by molar-refractivity contribution is 0.414. The molecule has 0 radical (unpaired) electrons. The quantitative estimate of drug-likeness (QED) is 0.740. The van der Waals surface area contributed by atoms with E-state index in [1.165, 1.54) is 5.56 Å². The van der Waals surface area contributed by atoms with Gasteiger partial charge in [0.1, 0.15) is 10.8 Å². The third-order valence-corrected chi connectivity index (χ3v) is 5.44. The van der Waals surface area contributed by atoms with Crippen LogP contribution in [0.25, 0.3) is 4.96 Å². The molecule has 5 nitrogen and oxygen atoms in total. The van der Waals surface area contributed by atoms with E-state index >= 15 is 0 Å². The van der Waals surface area contributed by atoms with Crippen LogP contribution in [0, 0.1) is 0 Å². The fraction of sp³-hybridized carbons (Fsp3) is 0.438.